The number of carbonyl (C=O) groups is 1. The Balaban J connectivity index is 2.80. The van der Waals surface area contributed by atoms with Gasteiger partial charge in [0.05, 0.1) is 5.56 Å². The lowest BCUT2D eigenvalue weighted by molar-refractivity contribution is -0.0242. The van der Waals surface area contributed by atoms with Crippen molar-refractivity contribution in [3.8, 4) is 5.88 Å². The first kappa shape index (κ1) is 12.6. The molecule has 0 saturated carbocycles. The van der Waals surface area contributed by atoms with Crippen molar-refractivity contribution in [3.63, 3.8) is 0 Å². The fourth-order valence-electron chi connectivity index (χ4n) is 0.844. The van der Waals surface area contributed by atoms with E-state index in [0.29, 0.717) is 6.92 Å². The van der Waals surface area contributed by atoms with Crippen LogP contribution in [0.15, 0.2) is 12.3 Å². The van der Waals surface area contributed by atoms with Crippen LogP contribution in [0.3, 0.4) is 0 Å². The molecule has 0 aliphatic carbocycles. The van der Waals surface area contributed by atoms with Crippen molar-refractivity contribution < 1.29 is 23.4 Å². The molecule has 1 aromatic rings. The van der Waals surface area contributed by atoms with Crippen LogP contribution in [0.4, 0.5) is 8.78 Å². The minimum atomic E-state index is -3.00. The van der Waals surface area contributed by atoms with Gasteiger partial charge in [-0.3, -0.25) is 0 Å². The lowest BCUT2D eigenvalue weighted by Gasteiger charge is -2.12. The van der Waals surface area contributed by atoms with Crippen molar-refractivity contribution in [2.24, 2.45) is 0 Å². The Morgan fingerprint density at radius 3 is 2.75 bits per heavy atom. The molecule has 7 heteroatoms. The summed E-state index contributed by atoms with van der Waals surface area (Å²) in [6.07, 6.45) is 0.983. The minimum absolute atomic E-state index is 0.121. The van der Waals surface area contributed by atoms with Crippen LogP contribution in [0.2, 0.25) is 5.02 Å². The zero-order valence-corrected chi connectivity index (χ0v) is 8.96. The molecule has 1 N–H and O–H groups in total. The smallest absolute Gasteiger partial charge is 0.337 e. The van der Waals surface area contributed by atoms with Gasteiger partial charge in [0, 0.05) is 13.1 Å². The summed E-state index contributed by atoms with van der Waals surface area (Å²) in [5.74, 6) is -4.42. The van der Waals surface area contributed by atoms with Gasteiger partial charge in [0.25, 0.3) is 5.92 Å². The van der Waals surface area contributed by atoms with Crippen LogP contribution in [0.1, 0.15) is 17.3 Å². The highest BCUT2D eigenvalue weighted by atomic mass is 35.5. The number of carboxylic acid groups (broad SMARTS) is 1. The summed E-state index contributed by atoms with van der Waals surface area (Å²) in [5, 5.41) is 8.48. The number of aromatic carboxylic acids is 1. The molecule has 1 aromatic heterocycles. The summed E-state index contributed by atoms with van der Waals surface area (Å²) in [4.78, 5) is 14.1. The molecule has 0 aromatic carbocycles. The van der Waals surface area contributed by atoms with Crippen LogP contribution < -0.4 is 4.74 Å². The van der Waals surface area contributed by atoms with E-state index in [1.165, 1.54) is 0 Å². The van der Waals surface area contributed by atoms with E-state index in [0.717, 1.165) is 12.3 Å². The summed E-state index contributed by atoms with van der Waals surface area (Å²) in [7, 11) is 0. The maximum Gasteiger partial charge on any atom is 0.337 e. The zero-order valence-electron chi connectivity index (χ0n) is 8.21. The third-order valence-electron chi connectivity index (χ3n) is 1.52. The summed E-state index contributed by atoms with van der Waals surface area (Å²) >= 11 is 5.61. The second kappa shape index (κ2) is 4.61. The number of pyridine rings is 1. The van der Waals surface area contributed by atoms with E-state index in [-0.39, 0.29) is 16.5 Å². The summed E-state index contributed by atoms with van der Waals surface area (Å²) in [6, 6.07) is 1.08. The maximum absolute atomic E-state index is 12.5. The van der Waals surface area contributed by atoms with Crippen molar-refractivity contribution in [1.82, 2.24) is 4.98 Å². The van der Waals surface area contributed by atoms with Crippen LogP contribution in [0.5, 0.6) is 5.88 Å². The quantitative estimate of drug-likeness (QED) is 0.893. The number of nitrogens with zero attached hydrogens (tertiary/aromatic N) is 1. The van der Waals surface area contributed by atoms with Gasteiger partial charge in [0.2, 0.25) is 5.88 Å². The molecule has 1 rings (SSSR count). The molecule has 4 nitrogen and oxygen atoms in total. The molecule has 0 saturated heterocycles. The normalized spacial score (nSPS) is 11.2. The van der Waals surface area contributed by atoms with Gasteiger partial charge in [0.1, 0.15) is 5.02 Å². The van der Waals surface area contributed by atoms with Crippen molar-refractivity contribution in [2.45, 2.75) is 12.8 Å². The molecule has 0 bridgehead atoms. The molecule has 16 heavy (non-hydrogen) atoms. The van der Waals surface area contributed by atoms with E-state index in [2.05, 4.69) is 9.72 Å². The van der Waals surface area contributed by atoms with E-state index in [1.807, 2.05) is 0 Å². The van der Waals surface area contributed by atoms with Gasteiger partial charge in [-0.2, -0.15) is 0 Å². The van der Waals surface area contributed by atoms with Crippen LogP contribution in [0.25, 0.3) is 0 Å². The Morgan fingerprint density at radius 1 is 1.69 bits per heavy atom. The van der Waals surface area contributed by atoms with E-state index in [4.69, 9.17) is 16.7 Å². The van der Waals surface area contributed by atoms with Crippen LogP contribution in [0, 0.1) is 0 Å². The fourth-order valence-corrected chi connectivity index (χ4v) is 1.06. The van der Waals surface area contributed by atoms with Gasteiger partial charge in [0.15, 0.2) is 6.61 Å². The molecule has 0 aliphatic heterocycles. The topological polar surface area (TPSA) is 59.4 Å². The van der Waals surface area contributed by atoms with Gasteiger partial charge in [-0.1, -0.05) is 11.6 Å². The molecule has 0 fully saturated rings. The minimum Gasteiger partial charge on any atom is -0.478 e. The first-order chi connectivity index (χ1) is 7.29. The molecule has 0 spiro atoms. The number of alkyl halides is 2. The van der Waals surface area contributed by atoms with Crippen molar-refractivity contribution >= 4 is 17.6 Å². The number of halogens is 3. The fraction of sp³-hybridized carbons (Fsp3) is 0.333. The third kappa shape index (κ3) is 3.62. The molecule has 0 unspecified atom stereocenters. The van der Waals surface area contributed by atoms with Gasteiger partial charge in [-0.15, -0.1) is 0 Å². The lowest BCUT2D eigenvalue weighted by Crippen LogP contribution is -2.21. The highest BCUT2D eigenvalue weighted by molar-refractivity contribution is 6.32. The highest BCUT2D eigenvalue weighted by Crippen LogP contribution is 2.24. The van der Waals surface area contributed by atoms with Crippen LogP contribution in [-0.4, -0.2) is 28.6 Å². The number of hydrogen-bond acceptors (Lipinski definition) is 3. The van der Waals surface area contributed by atoms with E-state index in [1.54, 1.807) is 0 Å². The van der Waals surface area contributed by atoms with Crippen LogP contribution in [-0.2, 0) is 0 Å². The van der Waals surface area contributed by atoms with Gasteiger partial charge < -0.3 is 9.84 Å². The van der Waals surface area contributed by atoms with Gasteiger partial charge in [-0.25, -0.2) is 18.6 Å². The van der Waals surface area contributed by atoms with E-state index >= 15 is 0 Å². The molecular weight excluding hydrogens is 244 g/mol. The Morgan fingerprint density at radius 2 is 2.31 bits per heavy atom. The second-order valence-corrected chi connectivity index (χ2v) is 3.58. The molecule has 0 aliphatic rings. The predicted molar refractivity (Wildman–Crippen MR) is 52.3 cm³/mol. The predicted octanol–water partition coefficient (Wildman–Crippen LogP) is 2.47. The van der Waals surface area contributed by atoms with Crippen molar-refractivity contribution in [1.29, 1.82) is 0 Å². The Hall–Kier alpha value is -1.43. The number of carboxylic acids is 1. The molecule has 88 valence electrons. The summed E-state index contributed by atoms with van der Waals surface area (Å²) < 4.78 is 29.6. The SMILES string of the molecule is CC(F)(F)COc1ncc(C(=O)O)cc1Cl. The molecule has 1 heterocycles. The number of hydrogen-bond donors (Lipinski definition) is 1. The second-order valence-electron chi connectivity index (χ2n) is 3.18. The standard InChI is InChI=1S/C9H8ClF2NO3/c1-9(11,12)4-16-7-6(10)2-5(3-13-7)8(14)15/h2-3H,4H2,1H3,(H,14,15). The molecular formula is C9H8ClF2NO3. The van der Waals surface area contributed by atoms with Crippen molar-refractivity contribution in [2.75, 3.05) is 6.61 Å². The highest BCUT2D eigenvalue weighted by Gasteiger charge is 2.23. The molecule has 0 amide bonds. The zero-order chi connectivity index (χ0) is 12.3. The maximum atomic E-state index is 12.5. The molecule has 0 atom stereocenters. The lowest BCUT2D eigenvalue weighted by atomic mass is 10.3. The molecule has 0 radical (unpaired) electrons. The average molecular weight is 252 g/mol. The van der Waals surface area contributed by atoms with E-state index < -0.39 is 18.5 Å². The van der Waals surface area contributed by atoms with Gasteiger partial charge >= 0.3 is 5.97 Å². The first-order valence-electron chi connectivity index (χ1n) is 4.19. The summed E-state index contributed by atoms with van der Waals surface area (Å²) in [6.45, 7) is -0.182. The number of ether oxygens (including phenoxy) is 1. The Kier molecular flexibility index (Phi) is 3.64. The third-order valence-corrected chi connectivity index (χ3v) is 1.79. The average Bonchev–Trinajstić information content (AvgIpc) is 2.14. The Labute approximate surface area is 94.8 Å². The largest absolute Gasteiger partial charge is 0.478 e. The number of aromatic nitrogens is 1. The van der Waals surface area contributed by atoms with Gasteiger partial charge in [-0.05, 0) is 6.07 Å². The number of rotatable bonds is 4. The Bertz CT molecular complexity index is 406. The first-order valence-corrected chi connectivity index (χ1v) is 4.57. The van der Waals surface area contributed by atoms with E-state index in [9.17, 15) is 13.6 Å². The van der Waals surface area contributed by atoms with Crippen LogP contribution >= 0.6 is 11.6 Å². The van der Waals surface area contributed by atoms with Crippen molar-refractivity contribution in [3.05, 3.63) is 22.8 Å². The monoisotopic (exact) mass is 251 g/mol. The summed E-state index contributed by atoms with van der Waals surface area (Å²) in [5.41, 5.74) is -0.138.